The number of likely N-dealkylation sites (N-methyl/N-ethyl adjacent to an activating group) is 1. The van der Waals surface area contributed by atoms with Crippen molar-refractivity contribution in [3.8, 4) is 11.6 Å². The first kappa shape index (κ1) is 21.8. The van der Waals surface area contributed by atoms with Gasteiger partial charge in [-0.15, -0.1) is 0 Å². The van der Waals surface area contributed by atoms with Crippen LogP contribution in [-0.4, -0.2) is 58.2 Å². The van der Waals surface area contributed by atoms with Gasteiger partial charge in [0, 0.05) is 49.8 Å². The molecule has 0 saturated heterocycles. The molecular formula is C24H29ClN4O2. The van der Waals surface area contributed by atoms with Crippen LogP contribution in [0.3, 0.4) is 0 Å². The van der Waals surface area contributed by atoms with E-state index in [0.717, 1.165) is 48.0 Å². The van der Waals surface area contributed by atoms with E-state index in [0.29, 0.717) is 18.2 Å². The highest BCUT2D eigenvalue weighted by atomic mass is 35.5. The highest BCUT2D eigenvalue weighted by Crippen LogP contribution is 2.30. The van der Waals surface area contributed by atoms with Gasteiger partial charge in [0.2, 0.25) is 0 Å². The largest absolute Gasteiger partial charge is 0.492 e. The van der Waals surface area contributed by atoms with Gasteiger partial charge in [-0.2, -0.15) is 0 Å². The molecule has 7 heteroatoms. The monoisotopic (exact) mass is 440 g/mol. The van der Waals surface area contributed by atoms with Crippen molar-refractivity contribution in [3.05, 3.63) is 76.7 Å². The Bertz CT molecular complexity index is 1030. The number of fused-ring (bicyclic) bond motifs is 1. The molecule has 3 aromatic rings. The summed E-state index contributed by atoms with van der Waals surface area (Å²) in [6.45, 7) is 5.37. The van der Waals surface area contributed by atoms with Crippen molar-refractivity contribution in [2.45, 2.75) is 25.6 Å². The molecule has 1 N–H and O–H groups in total. The molecule has 0 bridgehead atoms. The number of pyridine rings is 1. The predicted octanol–water partition coefficient (Wildman–Crippen LogP) is 3.69. The third kappa shape index (κ3) is 5.10. The molecule has 3 heterocycles. The van der Waals surface area contributed by atoms with E-state index in [4.69, 9.17) is 16.3 Å². The second-order valence-corrected chi connectivity index (χ2v) is 9.03. The number of ether oxygens (including phenoxy) is 1. The van der Waals surface area contributed by atoms with Crippen LogP contribution in [0.2, 0.25) is 5.02 Å². The first-order chi connectivity index (χ1) is 14.8. The maximum absolute atomic E-state index is 11.0. The number of hydrogen-bond acceptors (Lipinski definition) is 5. The molecule has 1 aromatic carbocycles. The van der Waals surface area contributed by atoms with E-state index in [1.54, 1.807) is 6.20 Å². The summed E-state index contributed by atoms with van der Waals surface area (Å²) < 4.78 is 8.09. The smallest absolute Gasteiger partial charge is 0.136 e. The van der Waals surface area contributed by atoms with Crippen LogP contribution < -0.4 is 4.74 Å². The van der Waals surface area contributed by atoms with Crippen molar-refractivity contribution in [3.63, 3.8) is 0 Å². The fraction of sp³-hybridized carbons (Fsp3) is 0.375. The third-order valence-corrected chi connectivity index (χ3v) is 5.77. The lowest BCUT2D eigenvalue weighted by Gasteiger charge is -2.28. The molecule has 0 radical (unpaired) electrons. The Morgan fingerprint density at radius 2 is 2.06 bits per heavy atom. The van der Waals surface area contributed by atoms with Gasteiger partial charge in [0.15, 0.2) is 0 Å². The predicted molar refractivity (Wildman–Crippen MR) is 123 cm³/mol. The van der Waals surface area contributed by atoms with Crippen LogP contribution in [0.15, 0.2) is 54.9 Å². The van der Waals surface area contributed by atoms with Crippen LogP contribution in [0, 0.1) is 0 Å². The zero-order valence-corrected chi connectivity index (χ0v) is 19.0. The lowest BCUT2D eigenvalue weighted by atomic mass is 9.93. The maximum Gasteiger partial charge on any atom is 0.136 e. The van der Waals surface area contributed by atoms with Crippen molar-refractivity contribution in [1.82, 2.24) is 19.4 Å². The lowest BCUT2D eigenvalue weighted by Crippen LogP contribution is -2.34. The summed E-state index contributed by atoms with van der Waals surface area (Å²) >= 11 is 5.99. The number of aromatic nitrogens is 2. The normalized spacial score (nSPS) is 16.5. The van der Waals surface area contributed by atoms with Crippen LogP contribution in [-0.2, 0) is 18.7 Å². The molecular weight excluding hydrogens is 412 g/mol. The van der Waals surface area contributed by atoms with E-state index in [9.17, 15) is 5.11 Å². The van der Waals surface area contributed by atoms with Gasteiger partial charge in [-0.05, 0) is 63.0 Å². The maximum atomic E-state index is 11.0. The SMILES string of the molecule is CN(C)C[C@](C)(O)c1ccc2c(c1)CN(Cc1cccn1-c1ccc(Cl)cn1)CCO2. The summed E-state index contributed by atoms with van der Waals surface area (Å²) in [6.07, 6.45) is 3.68. The standard InChI is InChI=1S/C24H29ClN4O2/c1-24(30,17-27(2)3)19-6-8-22-18(13-19)15-28(11-12-31-22)16-21-5-4-10-29(21)23-9-7-20(25)14-26-23/h4-10,13-14,30H,11-12,15-17H2,1-3H3/t24-/m0/s1. The third-order valence-electron chi connectivity index (χ3n) is 5.54. The number of hydrogen-bond donors (Lipinski definition) is 1. The van der Waals surface area contributed by atoms with Gasteiger partial charge < -0.3 is 19.3 Å². The van der Waals surface area contributed by atoms with Crippen LogP contribution in [0.4, 0.5) is 0 Å². The molecule has 164 valence electrons. The Kier molecular flexibility index (Phi) is 6.34. The molecule has 4 rings (SSSR count). The molecule has 1 aliphatic heterocycles. The number of halogens is 1. The molecule has 31 heavy (non-hydrogen) atoms. The summed E-state index contributed by atoms with van der Waals surface area (Å²) in [4.78, 5) is 8.80. The average Bonchev–Trinajstić information content (AvgIpc) is 3.06. The molecule has 1 aliphatic rings. The van der Waals surface area contributed by atoms with E-state index in [1.165, 1.54) is 0 Å². The van der Waals surface area contributed by atoms with Crippen molar-refractivity contribution >= 4 is 11.6 Å². The summed E-state index contributed by atoms with van der Waals surface area (Å²) in [5, 5.41) is 11.6. The zero-order valence-electron chi connectivity index (χ0n) is 18.3. The van der Waals surface area contributed by atoms with Gasteiger partial charge in [-0.1, -0.05) is 17.7 Å². The van der Waals surface area contributed by atoms with E-state index in [-0.39, 0.29) is 0 Å². The second kappa shape index (κ2) is 9.01. The summed E-state index contributed by atoms with van der Waals surface area (Å²) in [5.41, 5.74) is 2.22. The van der Waals surface area contributed by atoms with Crippen molar-refractivity contribution in [1.29, 1.82) is 0 Å². The summed E-state index contributed by atoms with van der Waals surface area (Å²) in [6, 6.07) is 14.0. The molecule has 0 amide bonds. The van der Waals surface area contributed by atoms with Crippen molar-refractivity contribution < 1.29 is 9.84 Å². The fourth-order valence-electron chi connectivity index (χ4n) is 4.13. The van der Waals surface area contributed by atoms with Gasteiger partial charge >= 0.3 is 0 Å². The molecule has 1 atom stereocenters. The van der Waals surface area contributed by atoms with Crippen LogP contribution in [0.25, 0.3) is 5.82 Å². The minimum Gasteiger partial charge on any atom is -0.492 e. The van der Waals surface area contributed by atoms with Gasteiger partial charge in [-0.3, -0.25) is 4.90 Å². The summed E-state index contributed by atoms with van der Waals surface area (Å²) in [5.74, 6) is 1.74. The average molecular weight is 441 g/mol. The van der Waals surface area contributed by atoms with Gasteiger partial charge in [0.1, 0.15) is 18.2 Å². The molecule has 6 nitrogen and oxygen atoms in total. The Morgan fingerprint density at radius 3 is 2.81 bits per heavy atom. The van der Waals surface area contributed by atoms with Crippen molar-refractivity contribution in [2.75, 3.05) is 33.8 Å². The van der Waals surface area contributed by atoms with Crippen LogP contribution >= 0.6 is 11.6 Å². The second-order valence-electron chi connectivity index (χ2n) is 8.60. The molecule has 0 saturated carbocycles. The summed E-state index contributed by atoms with van der Waals surface area (Å²) in [7, 11) is 3.93. The Hall–Kier alpha value is -2.38. The van der Waals surface area contributed by atoms with E-state index < -0.39 is 5.60 Å². The first-order valence-corrected chi connectivity index (χ1v) is 10.8. The topological polar surface area (TPSA) is 53.8 Å². The first-order valence-electron chi connectivity index (χ1n) is 10.5. The highest BCUT2D eigenvalue weighted by Gasteiger charge is 2.26. The van der Waals surface area contributed by atoms with E-state index in [1.807, 2.05) is 62.4 Å². The molecule has 0 spiro atoms. The van der Waals surface area contributed by atoms with Gasteiger partial charge in [-0.25, -0.2) is 4.98 Å². The Balaban J connectivity index is 1.55. The Morgan fingerprint density at radius 1 is 1.23 bits per heavy atom. The minimum atomic E-state index is -0.926. The van der Waals surface area contributed by atoms with E-state index in [2.05, 4.69) is 26.6 Å². The Labute approximate surface area is 188 Å². The van der Waals surface area contributed by atoms with Crippen LogP contribution in [0.1, 0.15) is 23.7 Å². The van der Waals surface area contributed by atoms with Gasteiger partial charge in [0.25, 0.3) is 0 Å². The number of nitrogens with zero attached hydrogens (tertiary/aromatic N) is 4. The molecule has 0 fully saturated rings. The fourth-order valence-corrected chi connectivity index (χ4v) is 4.25. The highest BCUT2D eigenvalue weighted by molar-refractivity contribution is 6.30. The van der Waals surface area contributed by atoms with Crippen LogP contribution in [0.5, 0.6) is 5.75 Å². The molecule has 0 aliphatic carbocycles. The van der Waals surface area contributed by atoms with Crippen molar-refractivity contribution in [2.24, 2.45) is 0 Å². The minimum absolute atomic E-state index is 0.554. The number of rotatable bonds is 6. The molecule has 0 unspecified atom stereocenters. The quantitative estimate of drug-likeness (QED) is 0.633. The van der Waals surface area contributed by atoms with Gasteiger partial charge in [0.05, 0.1) is 10.6 Å². The zero-order chi connectivity index (χ0) is 22.0. The number of aliphatic hydroxyl groups is 1. The number of benzene rings is 1. The molecule has 2 aromatic heterocycles. The van der Waals surface area contributed by atoms with E-state index >= 15 is 0 Å². The lowest BCUT2D eigenvalue weighted by molar-refractivity contribution is 0.0299.